The molecule has 0 amide bonds. The summed E-state index contributed by atoms with van der Waals surface area (Å²) in [5.41, 5.74) is 0. The molecule has 0 fully saturated rings. The van der Waals surface area contributed by atoms with Crippen LogP contribution < -0.4 is 0 Å². The van der Waals surface area contributed by atoms with Crippen molar-refractivity contribution < 1.29 is 9.90 Å². The number of carboxylic acid groups (broad SMARTS) is 1. The predicted octanol–water partition coefficient (Wildman–Crippen LogP) is 7.57. The lowest BCUT2D eigenvalue weighted by atomic mass is 10.0. The number of nitrogens with zero attached hydrogens (tertiary/aromatic N) is 1. The van der Waals surface area contributed by atoms with Crippen LogP contribution in [0.1, 0.15) is 129 Å². The fourth-order valence-electron chi connectivity index (χ4n) is 3.27. The van der Waals surface area contributed by atoms with Gasteiger partial charge in [-0.15, -0.1) is 0 Å². The molecule has 0 aliphatic carbocycles. The Morgan fingerprint density at radius 3 is 1.62 bits per heavy atom. The summed E-state index contributed by atoms with van der Waals surface area (Å²) in [5, 5.41) is 8.53. The third kappa shape index (κ3) is 23.1. The Kier molecular flexibility index (Phi) is 21.4. The molecule has 1 N–H and O–H groups in total. The summed E-state index contributed by atoms with van der Waals surface area (Å²) in [6, 6.07) is 0. The number of aliphatic carboxylic acids is 1. The van der Waals surface area contributed by atoms with E-state index in [1.807, 2.05) is 6.21 Å². The van der Waals surface area contributed by atoms with Crippen LogP contribution in [0, 0.1) is 0 Å². The number of rotatable bonds is 21. The first-order valence-electron chi connectivity index (χ1n) is 11.5. The Hall–Kier alpha value is -0.860. The lowest BCUT2D eigenvalue weighted by Crippen LogP contribution is -1.94. The number of carbonyl (C=O) groups is 1. The number of hydrogen-bond donors (Lipinski definition) is 1. The van der Waals surface area contributed by atoms with E-state index in [9.17, 15) is 4.79 Å². The van der Waals surface area contributed by atoms with Gasteiger partial charge in [-0.2, -0.15) is 0 Å². The van der Waals surface area contributed by atoms with E-state index in [0.717, 1.165) is 25.8 Å². The van der Waals surface area contributed by atoms with Crippen LogP contribution in [0.25, 0.3) is 0 Å². The van der Waals surface area contributed by atoms with Crippen LogP contribution in [0.2, 0.25) is 0 Å². The van der Waals surface area contributed by atoms with Gasteiger partial charge < -0.3 is 5.11 Å². The molecule has 154 valence electrons. The highest BCUT2D eigenvalue weighted by molar-refractivity contribution is 5.66. The number of unbranched alkanes of at least 4 members (excludes halogenated alkanes) is 16. The second-order valence-electron chi connectivity index (χ2n) is 7.68. The average Bonchev–Trinajstić information content (AvgIpc) is 2.62. The number of hydrogen-bond acceptors (Lipinski definition) is 2. The molecular weight excluding hydrogens is 322 g/mol. The topological polar surface area (TPSA) is 49.7 Å². The summed E-state index contributed by atoms with van der Waals surface area (Å²) in [5.74, 6) is -0.702. The molecule has 0 aromatic carbocycles. The van der Waals surface area contributed by atoms with Crippen molar-refractivity contribution >= 4 is 12.2 Å². The third-order valence-corrected chi connectivity index (χ3v) is 4.99. The van der Waals surface area contributed by atoms with Crippen LogP contribution in [0.5, 0.6) is 0 Å². The summed E-state index contributed by atoms with van der Waals surface area (Å²) >= 11 is 0. The molecule has 26 heavy (non-hydrogen) atoms. The molecule has 0 rings (SSSR count). The van der Waals surface area contributed by atoms with Crippen LogP contribution in [0.4, 0.5) is 0 Å². The van der Waals surface area contributed by atoms with E-state index in [2.05, 4.69) is 11.9 Å². The Morgan fingerprint density at radius 2 is 1.15 bits per heavy atom. The monoisotopic (exact) mass is 367 g/mol. The zero-order valence-corrected chi connectivity index (χ0v) is 17.5. The summed E-state index contributed by atoms with van der Waals surface area (Å²) in [6.07, 6.45) is 26.1. The maximum atomic E-state index is 10.4. The first-order valence-corrected chi connectivity index (χ1v) is 11.5. The molecule has 0 bridgehead atoms. The Morgan fingerprint density at radius 1 is 0.692 bits per heavy atom. The molecule has 0 aliphatic heterocycles. The standard InChI is InChI=1S/C23H45NO2/c1-2-3-4-5-6-7-8-9-10-11-12-13-14-15-16-18-21-24-22-19-17-20-23(25)26/h21H,2-20,22H2,1H3,(H,25,26). The number of carboxylic acids is 1. The van der Waals surface area contributed by atoms with Crippen molar-refractivity contribution in [3.05, 3.63) is 0 Å². The number of aliphatic imine (C=N–C) groups is 1. The van der Waals surface area contributed by atoms with Gasteiger partial charge in [0.2, 0.25) is 0 Å². The first-order chi connectivity index (χ1) is 12.8. The molecule has 0 unspecified atom stereocenters. The zero-order chi connectivity index (χ0) is 19.1. The quantitative estimate of drug-likeness (QED) is 0.168. The van der Waals surface area contributed by atoms with Gasteiger partial charge in [-0.05, 0) is 31.9 Å². The highest BCUT2D eigenvalue weighted by atomic mass is 16.4. The lowest BCUT2D eigenvalue weighted by Gasteiger charge is -2.03. The van der Waals surface area contributed by atoms with Gasteiger partial charge in [0.05, 0.1) is 0 Å². The largest absolute Gasteiger partial charge is 0.481 e. The average molecular weight is 368 g/mol. The highest BCUT2D eigenvalue weighted by Gasteiger charge is 1.95. The minimum atomic E-state index is -0.702. The van der Waals surface area contributed by atoms with Gasteiger partial charge in [0.1, 0.15) is 0 Å². The Balaban J connectivity index is 3.05. The van der Waals surface area contributed by atoms with E-state index in [4.69, 9.17) is 5.11 Å². The van der Waals surface area contributed by atoms with Crippen molar-refractivity contribution in [1.29, 1.82) is 0 Å². The van der Waals surface area contributed by atoms with Crippen molar-refractivity contribution in [2.75, 3.05) is 6.54 Å². The van der Waals surface area contributed by atoms with Crippen LogP contribution in [-0.4, -0.2) is 23.8 Å². The smallest absolute Gasteiger partial charge is 0.303 e. The maximum Gasteiger partial charge on any atom is 0.303 e. The van der Waals surface area contributed by atoms with E-state index in [0.29, 0.717) is 0 Å². The fourth-order valence-corrected chi connectivity index (χ4v) is 3.27. The van der Waals surface area contributed by atoms with Crippen LogP contribution in [0.15, 0.2) is 4.99 Å². The second kappa shape index (κ2) is 22.2. The molecule has 0 heterocycles. The molecule has 0 aromatic heterocycles. The summed E-state index contributed by atoms with van der Waals surface area (Å²) in [6.45, 7) is 3.07. The van der Waals surface area contributed by atoms with E-state index in [1.54, 1.807) is 0 Å². The van der Waals surface area contributed by atoms with Gasteiger partial charge >= 0.3 is 5.97 Å². The third-order valence-electron chi connectivity index (χ3n) is 4.99. The van der Waals surface area contributed by atoms with Gasteiger partial charge in [0, 0.05) is 13.0 Å². The minimum Gasteiger partial charge on any atom is -0.481 e. The van der Waals surface area contributed by atoms with E-state index >= 15 is 0 Å². The van der Waals surface area contributed by atoms with Crippen molar-refractivity contribution in [2.45, 2.75) is 129 Å². The Bertz CT molecular complexity index is 315. The lowest BCUT2D eigenvalue weighted by molar-refractivity contribution is -0.137. The maximum absolute atomic E-state index is 10.4. The van der Waals surface area contributed by atoms with E-state index in [1.165, 1.54) is 96.3 Å². The van der Waals surface area contributed by atoms with Gasteiger partial charge in [-0.25, -0.2) is 0 Å². The van der Waals surface area contributed by atoms with Gasteiger partial charge in [0.15, 0.2) is 0 Å². The molecular formula is C23H45NO2. The molecule has 0 saturated heterocycles. The van der Waals surface area contributed by atoms with Gasteiger partial charge in [-0.1, -0.05) is 96.8 Å². The molecule has 0 aromatic rings. The van der Waals surface area contributed by atoms with Crippen molar-refractivity contribution in [3.63, 3.8) is 0 Å². The van der Waals surface area contributed by atoms with E-state index in [-0.39, 0.29) is 6.42 Å². The van der Waals surface area contributed by atoms with Crippen LogP contribution in [-0.2, 0) is 4.79 Å². The van der Waals surface area contributed by atoms with Gasteiger partial charge in [-0.3, -0.25) is 9.79 Å². The zero-order valence-electron chi connectivity index (χ0n) is 17.5. The Labute approximate surface area is 163 Å². The molecule has 0 radical (unpaired) electrons. The predicted molar refractivity (Wildman–Crippen MR) is 114 cm³/mol. The SMILES string of the molecule is CCCCCCCCCCCCCCCCCC=NCCCCC(=O)O. The molecule has 3 nitrogen and oxygen atoms in total. The van der Waals surface area contributed by atoms with Crippen molar-refractivity contribution in [3.8, 4) is 0 Å². The van der Waals surface area contributed by atoms with E-state index < -0.39 is 5.97 Å². The molecule has 0 atom stereocenters. The van der Waals surface area contributed by atoms with Crippen LogP contribution in [0.3, 0.4) is 0 Å². The normalized spacial score (nSPS) is 11.4. The second-order valence-corrected chi connectivity index (χ2v) is 7.68. The molecule has 0 spiro atoms. The summed E-state index contributed by atoms with van der Waals surface area (Å²) in [4.78, 5) is 14.7. The molecule has 0 aliphatic rings. The first kappa shape index (κ1) is 25.1. The van der Waals surface area contributed by atoms with Crippen molar-refractivity contribution in [1.82, 2.24) is 0 Å². The highest BCUT2D eigenvalue weighted by Crippen LogP contribution is 2.13. The molecule has 0 saturated carbocycles. The fraction of sp³-hybridized carbons (Fsp3) is 0.913. The van der Waals surface area contributed by atoms with Crippen molar-refractivity contribution in [2.24, 2.45) is 4.99 Å². The minimum absolute atomic E-state index is 0.272. The summed E-state index contributed by atoms with van der Waals surface area (Å²) in [7, 11) is 0. The van der Waals surface area contributed by atoms with Gasteiger partial charge in [0.25, 0.3) is 0 Å². The molecule has 3 heteroatoms. The van der Waals surface area contributed by atoms with Crippen LogP contribution >= 0.6 is 0 Å². The summed E-state index contributed by atoms with van der Waals surface area (Å²) < 4.78 is 0.